The number of halogens is 1. The summed E-state index contributed by atoms with van der Waals surface area (Å²) in [6, 6.07) is 7.42. The molecule has 1 aromatic heterocycles. The highest BCUT2D eigenvalue weighted by Gasteiger charge is 2.29. The van der Waals surface area contributed by atoms with E-state index in [0.717, 1.165) is 22.2 Å². The fraction of sp³-hybridized carbons (Fsp3) is 0.438. The van der Waals surface area contributed by atoms with Gasteiger partial charge < -0.3 is 9.29 Å². The Balaban J connectivity index is 2.35. The van der Waals surface area contributed by atoms with Gasteiger partial charge >= 0.3 is 0 Å². The quantitative estimate of drug-likeness (QED) is 0.675. The Kier molecular flexibility index (Phi) is 5.22. The molecule has 0 amide bonds. The second-order valence-corrected chi connectivity index (χ2v) is 8.50. The second-order valence-electron chi connectivity index (χ2n) is 6.15. The van der Waals surface area contributed by atoms with Crippen molar-refractivity contribution in [2.24, 2.45) is 0 Å². The van der Waals surface area contributed by atoms with Crippen molar-refractivity contribution in [2.75, 3.05) is 7.11 Å². The van der Waals surface area contributed by atoms with Gasteiger partial charge in [-0.25, -0.2) is 4.98 Å². The van der Waals surface area contributed by atoms with Gasteiger partial charge in [0.15, 0.2) is 0 Å². The first-order valence-electron chi connectivity index (χ1n) is 7.04. The zero-order valence-electron chi connectivity index (χ0n) is 13.4. The number of ether oxygens (including phenoxy) is 1. The van der Waals surface area contributed by atoms with E-state index >= 15 is 0 Å². The third kappa shape index (κ3) is 3.84. The molecule has 2 rings (SSSR count). The Bertz CT molecular complexity index is 673. The molecule has 4 nitrogen and oxygen atoms in total. The van der Waals surface area contributed by atoms with Crippen LogP contribution in [0.2, 0.25) is 5.15 Å². The Morgan fingerprint density at radius 1 is 1.32 bits per heavy atom. The molecule has 0 saturated carbocycles. The van der Waals surface area contributed by atoms with Gasteiger partial charge in [0.05, 0.1) is 18.7 Å². The van der Waals surface area contributed by atoms with Gasteiger partial charge in [0.2, 0.25) is 0 Å². The lowest BCUT2D eigenvalue weighted by Crippen LogP contribution is -2.40. The lowest BCUT2D eigenvalue weighted by molar-refractivity contribution is 0.415. The lowest BCUT2D eigenvalue weighted by Gasteiger charge is -2.26. The molecular weight excluding hydrogens is 320 g/mol. The van der Waals surface area contributed by atoms with Crippen LogP contribution in [0.1, 0.15) is 39.3 Å². The monoisotopic (exact) mass is 340 g/mol. The maximum absolute atomic E-state index is 12.2. The molecule has 1 N–H and O–H groups in total. The average molecular weight is 341 g/mol. The van der Waals surface area contributed by atoms with Crippen molar-refractivity contribution in [3.8, 4) is 5.75 Å². The van der Waals surface area contributed by atoms with Crippen LogP contribution in [0.3, 0.4) is 0 Å². The molecule has 22 heavy (non-hydrogen) atoms. The standard InChI is InChI=1S/C16H21ClN2O2S/c1-10(19-22(20)16(2,3)4)13-9-11-8-12(21-5)6-7-14(11)18-15(13)17/h6-10,19H,1-5H3. The van der Waals surface area contributed by atoms with Crippen LogP contribution >= 0.6 is 11.6 Å². The smallest absolute Gasteiger partial charge is 0.136 e. The SMILES string of the molecule is COc1ccc2nc(Cl)c(C(C)N[S+]([O-])C(C)(C)C)cc2c1. The predicted molar refractivity (Wildman–Crippen MR) is 92.8 cm³/mol. The minimum Gasteiger partial charge on any atom is -0.598 e. The molecule has 0 fully saturated rings. The third-order valence-electron chi connectivity index (χ3n) is 3.31. The number of methoxy groups -OCH3 is 1. The number of rotatable bonds is 4. The van der Waals surface area contributed by atoms with Crippen molar-refractivity contribution in [3.63, 3.8) is 0 Å². The van der Waals surface area contributed by atoms with Crippen LogP contribution in [0, 0.1) is 0 Å². The molecule has 2 aromatic rings. The molecule has 6 heteroatoms. The number of aromatic nitrogens is 1. The summed E-state index contributed by atoms with van der Waals surface area (Å²) in [4.78, 5) is 4.41. The first-order valence-corrected chi connectivity index (χ1v) is 8.57. The summed E-state index contributed by atoms with van der Waals surface area (Å²) in [5, 5.41) is 1.36. The molecule has 0 aliphatic heterocycles. The molecule has 2 atom stereocenters. The van der Waals surface area contributed by atoms with E-state index < -0.39 is 11.4 Å². The van der Waals surface area contributed by atoms with E-state index in [4.69, 9.17) is 16.3 Å². The average Bonchev–Trinajstić information content (AvgIpc) is 2.44. The maximum Gasteiger partial charge on any atom is 0.136 e. The maximum atomic E-state index is 12.2. The van der Waals surface area contributed by atoms with Gasteiger partial charge in [-0.2, -0.15) is 0 Å². The van der Waals surface area contributed by atoms with Crippen LogP contribution in [0.4, 0.5) is 0 Å². The first kappa shape index (κ1) is 17.3. The molecule has 1 aromatic carbocycles. The van der Waals surface area contributed by atoms with Gasteiger partial charge in [-0.1, -0.05) is 11.6 Å². The van der Waals surface area contributed by atoms with Crippen molar-refractivity contribution < 1.29 is 9.29 Å². The minimum atomic E-state index is -1.18. The van der Waals surface area contributed by atoms with Crippen LogP contribution in [-0.2, 0) is 11.4 Å². The van der Waals surface area contributed by atoms with Crippen molar-refractivity contribution >= 4 is 33.9 Å². The molecule has 0 aliphatic rings. The van der Waals surface area contributed by atoms with E-state index in [-0.39, 0.29) is 10.8 Å². The molecule has 0 saturated heterocycles. The number of pyridine rings is 1. The Morgan fingerprint density at radius 3 is 2.59 bits per heavy atom. The topological polar surface area (TPSA) is 57.2 Å². The molecule has 120 valence electrons. The summed E-state index contributed by atoms with van der Waals surface area (Å²) >= 11 is 5.11. The van der Waals surface area contributed by atoms with E-state index in [1.54, 1.807) is 7.11 Å². The predicted octanol–water partition coefficient (Wildman–Crippen LogP) is 4.01. The zero-order chi connectivity index (χ0) is 16.5. The number of nitrogens with one attached hydrogen (secondary N) is 1. The van der Waals surface area contributed by atoms with Gasteiger partial charge in [-0.3, -0.25) is 0 Å². The van der Waals surface area contributed by atoms with Crippen LogP contribution in [0.15, 0.2) is 24.3 Å². The van der Waals surface area contributed by atoms with Crippen LogP contribution in [-0.4, -0.2) is 21.4 Å². The molecular formula is C16H21ClN2O2S. The Hall–Kier alpha value is -1.01. The number of fused-ring (bicyclic) bond motifs is 1. The number of benzene rings is 1. The highest BCUT2D eigenvalue weighted by molar-refractivity contribution is 7.90. The molecule has 1 heterocycles. The van der Waals surface area contributed by atoms with Crippen molar-refractivity contribution in [1.29, 1.82) is 0 Å². The van der Waals surface area contributed by atoms with E-state index in [0.29, 0.717) is 5.15 Å². The van der Waals surface area contributed by atoms with E-state index in [1.165, 1.54) is 0 Å². The molecule has 0 spiro atoms. The number of hydrogen-bond donors (Lipinski definition) is 1. The summed E-state index contributed by atoms with van der Waals surface area (Å²) in [7, 11) is 1.63. The van der Waals surface area contributed by atoms with Crippen LogP contribution in [0.5, 0.6) is 5.75 Å². The summed E-state index contributed by atoms with van der Waals surface area (Å²) < 4.78 is 20.2. The van der Waals surface area contributed by atoms with Crippen LogP contribution < -0.4 is 9.46 Å². The highest BCUT2D eigenvalue weighted by atomic mass is 35.5. The fourth-order valence-electron chi connectivity index (χ4n) is 1.98. The van der Waals surface area contributed by atoms with E-state index in [1.807, 2.05) is 52.0 Å². The summed E-state index contributed by atoms with van der Waals surface area (Å²) in [6.07, 6.45) is 0. The van der Waals surface area contributed by atoms with Crippen molar-refractivity contribution in [1.82, 2.24) is 9.71 Å². The summed E-state index contributed by atoms with van der Waals surface area (Å²) in [5.74, 6) is 0.765. The third-order valence-corrected chi connectivity index (χ3v) is 5.29. The molecule has 0 bridgehead atoms. The van der Waals surface area contributed by atoms with Gasteiger partial charge in [0.25, 0.3) is 0 Å². The Labute approximate surface area is 139 Å². The van der Waals surface area contributed by atoms with E-state index in [9.17, 15) is 4.55 Å². The van der Waals surface area contributed by atoms with Gasteiger partial charge in [0, 0.05) is 22.3 Å². The first-order chi connectivity index (χ1) is 10.2. The second kappa shape index (κ2) is 6.62. The molecule has 0 aliphatic carbocycles. The summed E-state index contributed by atoms with van der Waals surface area (Å²) in [6.45, 7) is 7.70. The Morgan fingerprint density at radius 2 is 2.00 bits per heavy atom. The molecule has 2 unspecified atom stereocenters. The van der Waals surface area contributed by atoms with Crippen molar-refractivity contribution in [2.45, 2.75) is 38.5 Å². The van der Waals surface area contributed by atoms with Gasteiger partial charge in [-0.05, 0) is 52.0 Å². The summed E-state index contributed by atoms with van der Waals surface area (Å²) in [5.41, 5.74) is 1.62. The fourth-order valence-corrected chi connectivity index (χ4v) is 3.09. The van der Waals surface area contributed by atoms with Gasteiger partial charge in [-0.15, -0.1) is 4.72 Å². The largest absolute Gasteiger partial charge is 0.598 e. The van der Waals surface area contributed by atoms with Crippen molar-refractivity contribution in [3.05, 3.63) is 35.0 Å². The number of hydrogen-bond acceptors (Lipinski definition) is 4. The molecule has 0 radical (unpaired) electrons. The van der Waals surface area contributed by atoms with E-state index in [2.05, 4.69) is 9.71 Å². The zero-order valence-corrected chi connectivity index (χ0v) is 15.0. The highest BCUT2D eigenvalue weighted by Crippen LogP contribution is 2.29. The van der Waals surface area contributed by atoms with Crippen LogP contribution in [0.25, 0.3) is 10.9 Å². The minimum absolute atomic E-state index is 0.171. The normalized spacial score (nSPS) is 14.9. The van der Waals surface area contributed by atoms with Gasteiger partial charge in [0.1, 0.15) is 15.6 Å². The number of nitrogens with zero attached hydrogens (tertiary/aromatic N) is 1. The lowest BCUT2D eigenvalue weighted by atomic mass is 10.1.